The molecule has 0 aromatic heterocycles. The molecule has 1 aliphatic rings. The molecule has 0 aliphatic heterocycles. The van der Waals surface area contributed by atoms with E-state index in [1.807, 2.05) is 0 Å². The van der Waals surface area contributed by atoms with Crippen LogP contribution in [0.1, 0.15) is 39.5 Å². The van der Waals surface area contributed by atoms with Crippen molar-refractivity contribution in [2.24, 2.45) is 5.41 Å². The van der Waals surface area contributed by atoms with Gasteiger partial charge >= 0.3 is 0 Å². The average Bonchev–Trinajstić information content (AvgIpc) is 2.08. The highest BCUT2D eigenvalue weighted by Crippen LogP contribution is 2.34. The minimum absolute atomic E-state index is 0.0358. The van der Waals surface area contributed by atoms with Crippen molar-refractivity contribution in [1.29, 1.82) is 0 Å². The van der Waals surface area contributed by atoms with Crippen molar-refractivity contribution in [3.63, 3.8) is 0 Å². The van der Waals surface area contributed by atoms with Crippen LogP contribution in [0.15, 0.2) is 0 Å². The van der Waals surface area contributed by atoms with Gasteiger partial charge in [-0.25, -0.2) is 0 Å². The summed E-state index contributed by atoms with van der Waals surface area (Å²) in [4.78, 5) is 11.0. The lowest BCUT2D eigenvalue weighted by atomic mass is 9.75. The first-order chi connectivity index (χ1) is 6.03. The molecule has 3 heteroatoms. The Bertz CT molecular complexity index is 181. The summed E-state index contributed by atoms with van der Waals surface area (Å²) in [7, 11) is 0. The summed E-state index contributed by atoms with van der Waals surface area (Å²) in [5.74, 6) is 0.0475. The molecule has 0 aromatic carbocycles. The molecule has 0 atom stereocenters. The molecule has 13 heavy (non-hydrogen) atoms. The van der Waals surface area contributed by atoms with Crippen molar-refractivity contribution in [1.82, 2.24) is 5.32 Å². The van der Waals surface area contributed by atoms with E-state index in [1.54, 1.807) is 0 Å². The van der Waals surface area contributed by atoms with Crippen molar-refractivity contribution in [2.75, 3.05) is 5.88 Å². The maximum absolute atomic E-state index is 11.0. The van der Waals surface area contributed by atoms with Gasteiger partial charge in [-0.15, -0.1) is 11.6 Å². The van der Waals surface area contributed by atoms with Crippen LogP contribution < -0.4 is 5.32 Å². The Morgan fingerprint density at radius 1 is 1.46 bits per heavy atom. The highest BCUT2D eigenvalue weighted by molar-refractivity contribution is 6.27. The molecule has 2 nitrogen and oxygen atoms in total. The van der Waals surface area contributed by atoms with Gasteiger partial charge in [-0.3, -0.25) is 4.79 Å². The molecule has 1 amide bonds. The van der Waals surface area contributed by atoms with Gasteiger partial charge in [0.1, 0.15) is 5.88 Å². The van der Waals surface area contributed by atoms with Crippen LogP contribution in [0.2, 0.25) is 0 Å². The Kier molecular flexibility index (Phi) is 3.60. The number of amides is 1. The molecule has 76 valence electrons. The Hall–Kier alpha value is -0.240. The summed E-state index contributed by atoms with van der Waals surface area (Å²) in [5.41, 5.74) is 0.461. The third-order valence-electron chi connectivity index (χ3n) is 2.83. The summed E-state index contributed by atoms with van der Waals surface area (Å²) in [6.07, 6.45) is 4.58. The zero-order chi connectivity index (χ0) is 9.90. The summed E-state index contributed by atoms with van der Waals surface area (Å²) in [5, 5.41) is 2.94. The van der Waals surface area contributed by atoms with E-state index >= 15 is 0 Å². The van der Waals surface area contributed by atoms with Gasteiger partial charge in [0.15, 0.2) is 0 Å². The fourth-order valence-corrected chi connectivity index (χ4v) is 1.89. The zero-order valence-corrected chi connectivity index (χ0v) is 9.16. The fraction of sp³-hybridized carbons (Fsp3) is 0.900. The van der Waals surface area contributed by atoms with Crippen LogP contribution in [0.25, 0.3) is 0 Å². The molecule has 0 bridgehead atoms. The van der Waals surface area contributed by atoms with Gasteiger partial charge < -0.3 is 5.32 Å². The van der Waals surface area contributed by atoms with E-state index in [0.29, 0.717) is 11.5 Å². The molecular formula is C10H18ClNO. The molecule has 0 aromatic rings. The van der Waals surface area contributed by atoms with E-state index in [0.717, 1.165) is 12.8 Å². The summed E-state index contributed by atoms with van der Waals surface area (Å²) < 4.78 is 0. The van der Waals surface area contributed by atoms with Gasteiger partial charge in [-0.1, -0.05) is 13.8 Å². The summed E-state index contributed by atoms with van der Waals surface area (Å²) >= 11 is 5.42. The maximum atomic E-state index is 11.0. The van der Waals surface area contributed by atoms with E-state index in [9.17, 15) is 4.79 Å². The first-order valence-electron chi connectivity index (χ1n) is 4.89. The summed E-state index contributed by atoms with van der Waals surface area (Å²) in [6.45, 7) is 4.57. The monoisotopic (exact) mass is 203 g/mol. The second kappa shape index (κ2) is 4.32. The molecule has 0 saturated heterocycles. The molecule has 0 radical (unpaired) electrons. The van der Waals surface area contributed by atoms with Gasteiger partial charge in [0.2, 0.25) is 5.91 Å². The van der Waals surface area contributed by atoms with Crippen LogP contribution in [0.5, 0.6) is 0 Å². The first-order valence-corrected chi connectivity index (χ1v) is 5.42. The van der Waals surface area contributed by atoms with Crippen LogP contribution in [-0.4, -0.2) is 17.8 Å². The lowest BCUT2D eigenvalue weighted by Gasteiger charge is -2.34. The molecule has 1 fully saturated rings. The Morgan fingerprint density at radius 3 is 2.46 bits per heavy atom. The lowest BCUT2D eigenvalue weighted by molar-refractivity contribution is -0.119. The van der Waals surface area contributed by atoms with Crippen LogP contribution in [0.3, 0.4) is 0 Å². The minimum Gasteiger partial charge on any atom is -0.352 e. The van der Waals surface area contributed by atoms with E-state index in [-0.39, 0.29) is 11.8 Å². The molecule has 0 spiro atoms. The second-order valence-electron chi connectivity index (χ2n) is 4.64. The van der Waals surface area contributed by atoms with Gasteiger partial charge in [-0.2, -0.15) is 0 Å². The summed E-state index contributed by atoms with van der Waals surface area (Å²) in [6, 6.07) is 0.360. The number of alkyl halides is 1. The Morgan fingerprint density at radius 2 is 2.00 bits per heavy atom. The highest BCUT2D eigenvalue weighted by Gasteiger charge is 2.27. The Balaban J connectivity index is 2.29. The number of hydrogen-bond acceptors (Lipinski definition) is 1. The third-order valence-corrected chi connectivity index (χ3v) is 3.07. The largest absolute Gasteiger partial charge is 0.352 e. The minimum atomic E-state index is -0.0358. The quantitative estimate of drug-likeness (QED) is 0.686. The van der Waals surface area contributed by atoms with Crippen LogP contribution in [0, 0.1) is 5.41 Å². The van der Waals surface area contributed by atoms with Crippen molar-refractivity contribution in [2.45, 2.75) is 45.6 Å². The molecule has 1 aliphatic carbocycles. The number of carbonyl (C=O) groups is 1. The molecule has 0 heterocycles. The standard InChI is InChI=1S/C10H18ClNO/c1-10(2)5-3-8(4-6-10)12-9(13)7-11/h8H,3-7H2,1-2H3,(H,12,13). The average molecular weight is 204 g/mol. The zero-order valence-electron chi connectivity index (χ0n) is 8.40. The highest BCUT2D eigenvalue weighted by atomic mass is 35.5. The van der Waals surface area contributed by atoms with Crippen molar-refractivity contribution in [3.05, 3.63) is 0 Å². The van der Waals surface area contributed by atoms with E-state index in [2.05, 4.69) is 19.2 Å². The van der Waals surface area contributed by atoms with Crippen LogP contribution in [0.4, 0.5) is 0 Å². The smallest absolute Gasteiger partial charge is 0.235 e. The van der Waals surface area contributed by atoms with Gasteiger partial charge in [0.05, 0.1) is 0 Å². The molecule has 0 unspecified atom stereocenters. The van der Waals surface area contributed by atoms with E-state index < -0.39 is 0 Å². The lowest BCUT2D eigenvalue weighted by Crippen LogP contribution is -2.39. The van der Waals surface area contributed by atoms with Gasteiger partial charge in [0.25, 0.3) is 0 Å². The predicted octanol–water partition coefficient (Wildman–Crippen LogP) is 2.31. The van der Waals surface area contributed by atoms with Gasteiger partial charge in [-0.05, 0) is 31.1 Å². The SMILES string of the molecule is CC1(C)CCC(NC(=O)CCl)CC1. The number of nitrogens with one attached hydrogen (secondary N) is 1. The maximum Gasteiger partial charge on any atom is 0.235 e. The number of halogens is 1. The van der Waals surface area contributed by atoms with Crippen molar-refractivity contribution < 1.29 is 4.79 Å². The number of rotatable bonds is 2. The van der Waals surface area contributed by atoms with Crippen LogP contribution in [-0.2, 0) is 4.79 Å². The molecule has 1 saturated carbocycles. The van der Waals surface area contributed by atoms with Crippen molar-refractivity contribution >= 4 is 17.5 Å². The number of carbonyl (C=O) groups excluding carboxylic acids is 1. The Labute approximate surface area is 85.0 Å². The molecule has 1 N–H and O–H groups in total. The topological polar surface area (TPSA) is 29.1 Å². The predicted molar refractivity (Wildman–Crippen MR) is 54.9 cm³/mol. The van der Waals surface area contributed by atoms with E-state index in [1.165, 1.54) is 12.8 Å². The third kappa shape index (κ3) is 3.55. The fourth-order valence-electron chi connectivity index (χ4n) is 1.81. The van der Waals surface area contributed by atoms with Gasteiger partial charge in [0, 0.05) is 6.04 Å². The molecular weight excluding hydrogens is 186 g/mol. The second-order valence-corrected chi connectivity index (χ2v) is 4.91. The normalized spacial score (nSPS) is 22.7. The first kappa shape index (κ1) is 10.8. The molecule has 1 rings (SSSR count). The van der Waals surface area contributed by atoms with Crippen LogP contribution >= 0.6 is 11.6 Å². The van der Waals surface area contributed by atoms with Crippen molar-refractivity contribution in [3.8, 4) is 0 Å². The number of hydrogen-bond donors (Lipinski definition) is 1. The van der Waals surface area contributed by atoms with E-state index in [4.69, 9.17) is 11.6 Å².